The van der Waals surface area contributed by atoms with Crippen molar-refractivity contribution in [1.82, 2.24) is 4.98 Å². The van der Waals surface area contributed by atoms with Crippen LogP contribution >= 0.6 is 0 Å². The minimum Gasteiger partial charge on any atom is -0.496 e. The zero-order chi connectivity index (χ0) is 25.6. The molecular weight excluding hydrogens is 472 g/mol. The molecule has 2 N–H and O–H groups in total. The maximum absolute atomic E-state index is 15.1. The zero-order valence-electron chi connectivity index (χ0n) is 19.3. The van der Waals surface area contributed by atoms with Crippen LogP contribution in [-0.2, 0) is 6.18 Å². The van der Waals surface area contributed by atoms with Crippen LogP contribution in [0.3, 0.4) is 0 Å². The molecule has 0 saturated heterocycles. The second kappa shape index (κ2) is 8.71. The fraction of sp³-hybridized carbons (Fsp3) is 0.107. The number of anilines is 1. The van der Waals surface area contributed by atoms with Crippen molar-refractivity contribution in [3.63, 3.8) is 0 Å². The van der Waals surface area contributed by atoms with E-state index in [0.717, 1.165) is 17.7 Å². The highest BCUT2D eigenvalue weighted by Gasteiger charge is 2.31. The van der Waals surface area contributed by atoms with E-state index >= 15 is 4.39 Å². The molecule has 0 aliphatic rings. The number of methoxy groups -OCH3 is 1. The molecular formula is C28H20F4N2O2. The van der Waals surface area contributed by atoms with Crippen LogP contribution < -0.4 is 10.5 Å². The lowest BCUT2D eigenvalue weighted by Crippen LogP contribution is -2.03. The minimum atomic E-state index is -4.48. The van der Waals surface area contributed by atoms with Crippen molar-refractivity contribution in [3.05, 3.63) is 89.7 Å². The van der Waals surface area contributed by atoms with E-state index in [2.05, 4.69) is 4.98 Å². The first-order valence-electron chi connectivity index (χ1n) is 11.0. The monoisotopic (exact) mass is 492 g/mol. The number of nitrogens with zero attached hydrogens (tertiary/aromatic N) is 1. The van der Waals surface area contributed by atoms with Crippen LogP contribution in [-0.4, -0.2) is 12.1 Å². The summed E-state index contributed by atoms with van der Waals surface area (Å²) in [5.74, 6) is 0.0507. The summed E-state index contributed by atoms with van der Waals surface area (Å²) in [5.41, 5.74) is 9.75. The lowest BCUT2D eigenvalue weighted by Gasteiger charge is -2.15. The summed E-state index contributed by atoms with van der Waals surface area (Å²) in [4.78, 5) is 4.26. The molecule has 0 aliphatic carbocycles. The average molecular weight is 492 g/mol. The number of ether oxygens (including phenoxy) is 1. The second-order valence-corrected chi connectivity index (χ2v) is 8.39. The molecule has 0 fully saturated rings. The largest absolute Gasteiger partial charge is 0.496 e. The summed E-state index contributed by atoms with van der Waals surface area (Å²) in [7, 11) is 1.45. The number of benzene rings is 4. The first kappa shape index (κ1) is 23.4. The standard InChI is InChI=1S/C28H20F4N2O2/c1-15-10-19(33)7-8-20(15)22-13-21(26(35-2)14-23(22)29)16-4-3-5-17(11-16)27-34-24-12-18(28(30,31)32)6-9-25(24)36-27/h3-14H,33H2,1-2H3. The van der Waals surface area contributed by atoms with Crippen molar-refractivity contribution in [2.75, 3.05) is 12.8 Å². The van der Waals surface area contributed by atoms with E-state index in [4.69, 9.17) is 14.9 Å². The van der Waals surface area contributed by atoms with Gasteiger partial charge < -0.3 is 14.9 Å². The fourth-order valence-corrected chi connectivity index (χ4v) is 4.19. The number of nitrogens with two attached hydrogens (primary N) is 1. The normalized spacial score (nSPS) is 11.7. The Labute approximate surface area is 204 Å². The van der Waals surface area contributed by atoms with Crippen LogP contribution in [0.15, 0.2) is 77.2 Å². The van der Waals surface area contributed by atoms with Crippen molar-refractivity contribution in [1.29, 1.82) is 0 Å². The highest BCUT2D eigenvalue weighted by atomic mass is 19.4. The predicted molar refractivity (Wildman–Crippen MR) is 131 cm³/mol. The summed E-state index contributed by atoms with van der Waals surface area (Å²) in [5, 5.41) is 0. The van der Waals surface area contributed by atoms with E-state index in [1.165, 1.54) is 19.2 Å². The van der Waals surface area contributed by atoms with Gasteiger partial charge >= 0.3 is 6.18 Å². The Morgan fingerprint density at radius 3 is 2.36 bits per heavy atom. The molecule has 0 saturated carbocycles. The first-order valence-corrected chi connectivity index (χ1v) is 11.0. The Morgan fingerprint density at radius 2 is 1.64 bits per heavy atom. The molecule has 182 valence electrons. The number of aromatic nitrogens is 1. The van der Waals surface area contributed by atoms with Gasteiger partial charge in [-0.2, -0.15) is 13.2 Å². The molecule has 4 aromatic carbocycles. The van der Waals surface area contributed by atoms with Gasteiger partial charge in [0.15, 0.2) is 5.58 Å². The van der Waals surface area contributed by atoms with Gasteiger partial charge in [-0.1, -0.05) is 18.2 Å². The van der Waals surface area contributed by atoms with Gasteiger partial charge in [-0.15, -0.1) is 0 Å². The van der Waals surface area contributed by atoms with E-state index in [-0.39, 0.29) is 17.0 Å². The molecule has 4 nitrogen and oxygen atoms in total. The fourth-order valence-electron chi connectivity index (χ4n) is 4.19. The Bertz CT molecular complexity index is 1610. The second-order valence-electron chi connectivity index (χ2n) is 8.39. The van der Waals surface area contributed by atoms with Gasteiger partial charge in [-0.05, 0) is 72.1 Å². The van der Waals surface area contributed by atoms with Crippen LogP contribution in [0.1, 0.15) is 11.1 Å². The minimum absolute atomic E-state index is 0.103. The molecule has 0 amide bonds. The Morgan fingerprint density at radius 1 is 0.861 bits per heavy atom. The summed E-state index contributed by atoms with van der Waals surface area (Å²) in [6.45, 7) is 1.85. The molecule has 1 heterocycles. The maximum atomic E-state index is 15.1. The number of oxazole rings is 1. The van der Waals surface area contributed by atoms with Crippen molar-refractivity contribution in [3.8, 4) is 39.5 Å². The highest BCUT2D eigenvalue weighted by Crippen LogP contribution is 2.39. The number of hydrogen-bond acceptors (Lipinski definition) is 4. The van der Waals surface area contributed by atoms with E-state index < -0.39 is 17.6 Å². The third kappa shape index (κ3) is 4.26. The van der Waals surface area contributed by atoms with Gasteiger partial charge in [0.05, 0.1) is 12.7 Å². The third-order valence-corrected chi connectivity index (χ3v) is 5.97. The average Bonchev–Trinajstić information content (AvgIpc) is 3.27. The number of fused-ring (bicyclic) bond motifs is 1. The molecule has 8 heteroatoms. The summed E-state index contributed by atoms with van der Waals surface area (Å²) in [6, 6.07) is 18.5. The molecule has 1 aromatic heterocycles. The van der Waals surface area contributed by atoms with Gasteiger partial charge in [-0.25, -0.2) is 9.37 Å². The SMILES string of the molecule is COc1cc(F)c(-c2ccc(N)cc2C)cc1-c1cccc(-c2nc3cc(C(F)(F)F)ccc3o2)c1. The number of aryl methyl sites for hydroxylation is 1. The van der Waals surface area contributed by atoms with Crippen LogP contribution in [0, 0.1) is 12.7 Å². The van der Waals surface area contributed by atoms with E-state index in [0.29, 0.717) is 39.3 Å². The first-order chi connectivity index (χ1) is 17.1. The summed E-state index contributed by atoms with van der Waals surface area (Å²) in [6.07, 6.45) is -4.48. The number of alkyl halides is 3. The molecule has 0 spiro atoms. The van der Waals surface area contributed by atoms with E-state index in [1.807, 2.05) is 13.0 Å². The van der Waals surface area contributed by atoms with Gasteiger partial charge in [0.2, 0.25) is 5.89 Å². The zero-order valence-corrected chi connectivity index (χ0v) is 19.3. The Hall–Kier alpha value is -4.33. The van der Waals surface area contributed by atoms with E-state index in [9.17, 15) is 13.2 Å². The summed E-state index contributed by atoms with van der Waals surface area (Å²) < 4.78 is 65.5. The summed E-state index contributed by atoms with van der Waals surface area (Å²) >= 11 is 0. The van der Waals surface area contributed by atoms with Gasteiger partial charge in [0.1, 0.15) is 17.1 Å². The van der Waals surface area contributed by atoms with Crippen LogP contribution in [0.25, 0.3) is 44.8 Å². The topological polar surface area (TPSA) is 61.3 Å². The molecule has 0 radical (unpaired) electrons. The van der Waals surface area contributed by atoms with Gasteiger partial charge in [0, 0.05) is 28.4 Å². The number of hydrogen-bond donors (Lipinski definition) is 1. The molecule has 36 heavy (non-hydrogen) atoms. The molecule has 0 bridgehead atoms. The Kier molecular flexibility index (Phi) is 5.67. The van der Waals surface area contributed by atoms with Crippen LogP contribution in [0.4, 0.5) is 23.2 Å². The van der Waals surface area contributed by atoms with Gasteiger partial charge in [0.25, 0.3) is 0 Å². The number of rotatable bonds is 4. The highest BCUT2D eigenvalue weighted by molar-refractivity contribution is 5.82. The van der Waals surface area contributed by atoms with Crippen molar-refractivity contribution in [2.24, 2.45) is 0 Å². The number of nitrogen functional groups attached to an aromatic ring is 1. The molecule has 5 aromatic rings. The molecule has 0 atom stereocenters. The molecule has 5 rings (SSSR count). The van der Waals surface area contributed by atoms with E-state index in [1.54, 1.807) is 42.5 Å². The maximum Gasteiger partial charge on any atom is 0.416 e. The van der Waals surface area contributed by atoms with Crippen LogP contribution in [0.5, 0.6) is 5.75 Å². The third-order valence-electron chi connectivity index (χ3n) is 5.97. The molecule has 0 unspecified atom stereocenters. The number of halogens is 4. The van der Waals surface area contributed by atoms with Crippen molar-refractivity contribution >= 4 is 16.8 Å². The van der Waals surface area contributed by atoms with Gasteiger partial charge in [-0.3, -0.25) is 0 Å². The van der Waals surface area contributed by atoms with Crippen molar-refractivity contribution in [2.45, 2.75) is 13.1 Å². The lowest BCUT2D eigenvalue weighted by molar-refractivity contribution is -0.137. The van der Waals surface area contributed by atoms with Crippen molar-refractivity contribution < 1.29 is 26.7 Å². The quantitative estimate of drug-likeness (QED) is 0.205. The van der Waals surface area contributed by atoms with Crippen LogP contribution in [0.2, 0.25) is 0 Å². The predicted octanol–water partition coefficient (Wildman–Crippen LogP) is 7.89. The lowest BCUT2D eigenvalue weighted by atomic mass is 9.94. The smallest absolute Gasteiger partial charge is 0.416 e. The Balaban J connectivity index is 1.61. The molecule has 0 aliphatic heterocycles.